The number of alkyl carbamates (subject to hydrolysis) is 1. The third-order valence-electron chi connectivity index (χ3n) is 7.00. The van der Waals surface area contributed by atoms with Crippen LogP contribution in [0, 0.1) is 5.92 Å². The highest BCUT2D eigenvalue weighted by molar-refractivity contribution is 5.92. The molecule has 1 aliphatic rings. The molecule has 0 radical (unpaired) electrons. The first-order valence-electron chi connectivity index (χ1n) is 14.0. The minimum absolute atomic E-state index is 0.0587. The molecule has 8 heteroatoms. The van der Waals surface area contributed by atoms with E-state index in [1.165, 1.54) is 12.1 Å². The number of nitrogens with zero attached hydrogens (tertiary/aromatic N) is 1. The van der Waals surface area contributed by atoms with Crippen LogP contribution >= 0.6 is 0 Å². The predicted octanol–water partition coefficient (Wildman–Crippen LogP) is 5.12. The van der Waals surface area contributed by atoms with Gasteiger partial charge < -0.3 is 25.4 Å². The number of carbonyl (C=O) groups excluding carboxylic acids is 3. The summed E-state index contributed by atoms with van der Waals surface area (Å²) >= 11 is 0. The highest BCUT2D eigenvalue weighted by Crippen LogP contribution is 2.41. The van der Waals surface area contributed by atoms with Crippen molar-refractivity contribution in [2.24, 2.45) is 5.92 Å². The van der Waals surface area contributed by atoms with Gasteiger partial charge in [-0.25, -0.2) is 4.79 Å². The van der Waals surface area contributed by atoms with Crippen LogP contribution in [0.15, 0.2) is 84.9 Å². The summed E-state index contributed by atoms with van der Waals surface area (Å²) in [5, 5.41) is 15.7. The van der Waals surface area contributed by atoms with Gasteiger partial charge in [0.2, 0.25) is 11.8 Å². The summed E-state index contributed by atoms with van der Waals surface area (Å²) in [6, 6.07) is 23.2. The van der Waals surface area contributed by atoms with Gasteiger partial charge in [0, 0.05) is 19.0 Å². The lowest BCUT2D eigenvalue weighted by molar-refractivity contribution is -0.143. The number of rotatable bonds is 10. The standard InChI is InChI=1S/C33H39N3O5/c1-22-19-28(22)36(31(39)27(20-23-11-7-5-8-12-23)35-32(40)41-33(2,3)4)29(25-15-17-26(37)18-16-25)30(38)34-21-24-13-9-6-10-14-24/h5-18,22,27-29,37H,19-21H2,1-4H3,(H,34,38)(H,35,40). The van der Waals surface area contributed by atoms with Gasteiger partial charge in [0.05, 0.1) is 0 Å². The van der Waals surface area contributed by atoms with Gasteiger partial charge in [0.15, 0.2) is 0 Å². The molecule has 0 heterocycles. The number of amides is 3. The Balaban J connectivity index is 1.69. The van der Waals surface area contributed by atoms with E-state index in [1.54, 1.807) is 37.8 Å². The molecule has 0 bridgehead atoms. The number of ether oxygens (including phenoxy) is 1. The smallest absolute Gasteiger partial charge is 0.408 e. The van der Waals surface area contributed by atoms with E-state index in [0.29, 0.717) is 12.1 Å². The van der Waals surface area contributed by atoms with Crippen molar-refractivity contribution >= 4 is 17.9 Å². The number of aromatic hydroxyl groups is 1. The topological polar surface area (TPSA) is 108 Å². The average molecular weight is 558 g/mol. The fraction of sp³-hybridized carbons (Fsp3) is 0.364. The van der Waals surface area contributed by atoms with Gasteiger partial charge in [0.1, 0.15) is 23.4 Å². The molecule has 0 aromatic heterocycles. The molecule has 0 spiro atoms. The normalized spacial score (nSPS) is 17.6. The van der Waals surface area contributed by atoms with E-state index in [2.05, 4.69) is 10.6 Å². The number of phenols is 1. The van der Waals surface area contributed by atoms with E-state index >= 15 is 0 Å². The van der Waals surface area contributed by atoms with E-state index in [9.17, 15) is 19.5 Å². The zero-order valence-electron chi connectivity index (χ0n) is 24.0. The number of phenolic OH excluding ortho intramolecular Hbond substituents is 1. The van der Waals surface area contributed by atoms with Gasteiger partial charge >= 0.3 is 6.09 Å². The Labute approximate surface area is 241 Å². The van der Waals surface area contributed by atoms with Crippen molar-refractivity contribution < 1.29 is 24.2 Å². The maximum atomic E-state index is 14.5. The van der Waals surface area contributed by atoms with Crippen molar-refractivity contribution in [2.45, 2.75) is 70.8 Å². The Morgan fingerprint density at radius 3 is 2.02 bits per heavy atom. The lowest BCUT2D eigenvalue weighted by atomic mass is 9.99. The highest BCUT2D eigenvalue weighted by Gasteiger charge is 2.48. The van der Waals surface area contributed by atoms with Crippen molar-refractivity contribution in [3.05, 3.63) is 102 Å². The Hall–Kier alpha value is -4.33. The molecule has 0 aliphatic heterocycles. The van der Waals surface area contributed by atoms with Crippen LogP contribution < -0.4 is 10.6 Å². The Morgan fingerprint density at radius 1 is 0.927 bits per heavy atom. The molecule has 1 aliphatic carbocycles. The van der Waals surface area contributed by atoms with Crippen molar-refractivity contribution in [1.82, 2.24) is 15.5 Å². The molecule has 0 saturated heterocycles. The van der Waals surface area contributed by atoms with E-state index in [4.69, 9.17) is 4.74 Å². The summed E-state index contributed by atoms with van der Waals surface area (Å²) in [5.74, 6) is -0.479. The molecular weight excluding hydrogens is 518 g/mol. The second-order valence-corrected chi connectivity index (χ2v) is 11.6. The molecular formula is C33H39N3O5. The van der Waals surface area contributed by atoms with Crippen molar-refractivity contribution in [2.75, 3.05) is 0 Å². The van der Waals surface area contributed by atoms with Crippen LogP contribution in [0.4, 0.5) is 4.79 Å². The zero-order valence-corrected chi connectivity index (χ0v) is 24.0. The largest absolute Gasteiger partial charge is 0.508 e. The van der Waals surface area contributed by atoms with Crippen LogP contribution in [0.1, 0.15) is 56.8 Å². The van der Waals surface area contributed by atoms with Crippen LogP contribution in [0.5, 0.6) is 5.75 Å². The summed E-state index contributed by atoms with van der Waals surface area (Å²) < 4.78 is 5.50. The van der Waals surface area contributed by atoms with E-state index < -0.39 is 23.8 Å². The number of carbonyl (C=O) groups is 3. The molecule has 3 aromatic carbocycles. The van der Waals surface area contributed by atoms with Gasteiger partial charge in [0.25, 0.3) is 0 Å². The Kier molecular flexibility index (Phi) is 9.32. The number of benzene rings is 3. The van der Waals surface area contributed by atoms with Crippen LogP contribution in [0.2, 0.25) is 0 Å². The molecule has 216 valence electrons. The van der Waals surface area contributed by atoms with Crippen molar-refractivity contribution in [3.8, 4) is 5.75 Å². The van der Waals surface area contributed by atoms with Crippen molar-refractivity contribution in [3.63, 3.8) is 0 Å². The second-order valence-electron chi connectivity index (χ2n) is 11.6. The van der Waals surface area contributed by atoms with Gasteiger partial charge in [-0.3, -0.25) is 9.59 Å². The summed E-state index contributed by atoms with van der Waals surface area (Å²) in [6.45, 7) is 7.61. The van der Waals surface area contributed by atoms with Crippen LogP contribution in [-0.2, 0) is 27.3 Å². The van der Waals surface area contributed by atoms with Crippen LogP contribution in [0.25, 0.3) is 0 Å². The third-order valence-corrected chi connectivity index (χ3v) is 7.00. The average Bonchev–Trinajstić information content (AvgIpc) is 3.66. The summed E-state index contributed by atoms with van der Waals surface area (Å²) in [4.78, 5) is 42.9. The molecule has 1 saturated carbocycles. The quantitative estimate of drug-likeness (QED) is 0.321. The first-order valence-corrected chi connectivity index (χ1v) is 14.0. The molecule has 3 amide bonds. The van der Waals surface area contributed by atoms with Gasteiger partial charge in [-0.15, -0.1) is 0 Å². The summed E-state index contributed by atoms with van der Waals surface area (Å²) in [6.07, 6.45) is 0.256. The maximum Gasteiger partial charge on any atom is 0.408 e. The Bertz CT molecular complexity index is 1320. The lowest BCUT2D eigenvalue weighted by Gasteiger charge is -2.35. The maximum absolute atomic E-state index is 14.5. The van der Waals surface area contributed by atoms with Crippen LogP contribution in [0.3, 0.4) is 0 Å². The molecule has 41 heavy (non-hydrogen) atoms. The Morgan fingerprint density at radius 2 is 1.49 bits per heavy atom. The van der Waals surface area contributed by atoms with Gasteiger partial charge in [-0.05, 0) is 61.9 Å². The number of hydrogen-bond donors (Lipinski definition) is 3. The van der Waals surface area contributed by atoms with E-state index in [-0.39, 0.29) is 35.9 Å². The molecule has 8 nitrogen and oxygen atoms in total. The number of hydrogen-bond acceptors (Lipinski definition) is 5. The second kappa shape index (κ2) is 12.9. The predicted molar refractivity (Wildman–Crippen MR) is 157 cm³/mol. The van der Waals surface area contributed by atoms with Crippen LogP contribution in [-0.4, -0.2) is 45.6 Å². The molecule has 1 fully saturated rings. The highest BCUT2D eigenvalue weighted by atomic mass is 16.6. The summed E-state index contributed by atoms with van der Waals surface area (Å²) in [5.41, 5.74) is 1.61. The minimum atomic E-state index is -0.972. The molecule has 3 N–H and O–H groups in total. The minimum Gasteiger partial charge on any atom is -0.508 e. The molecule has 4 rings (SSSR count). The SMILES string of the molecule is CC1CC1N(C(=O)C(Cc1ccccc1)NC(=O)OC(C)(C)C)C(C(=O)NCc1ccccc1)c1ccc(O)cc1. The first-order chi connectivity index (χ1) is 19.5. The fourth-order valence-electron chi connectivity index (χ4n) is 4.83. The van der Waals surface area contributed by atoms with Crippen molar-refractivity contribution in [1.29, 1.82) is 0 Å². The molecule has 4 unspecified atom stereocenters. The third kappa shape index (κ3) is 8.33. The van der Waals surface area contributed by atoms with E-state index in [1.807, 2.05) is 67.6 Å². The summed E-state index contributed by atoms with van der Waals surface area (Å²) in [7, 11) is 0. The van der Waals surface area contributed by atoms with E-state index in [0.717, 1.165) is 17.5 Å². The molecule has 3 aromatic rings. The first kappa shape index (κ1) is 29.6. The van der Waals surface area contributed by atoms with Gasteiger partial charge in [-0.2, -0.15) is 0 Å². The fourth-order valence-corrected chi connectivity index (χ4v) is 4.83. The number of nitrogens with one attached hydrogen (secondary N) is 2. The monoisotopic (exact) mass is 557 g/mol. The lowest BCUT2D eigenvalue weighted by Crippen LogP contribution is -2.54. The molecule has 4 atom stereocenters. The van der Waals surface area contributed by atoms with Gasteiger partial charge in [-0.1, -0.05) is 79.7 Å². The zero-order chi connectivity index (χ0) is 29.6.